The number of nitrogens with one attached hydrogen (secondary N) is 1. The van der Waals surface area contributed by atoms with Crippen LogP contribution in [0, 0.1) is 0 Å². The molecule has 0 unspecified atom stereocenters. The fourth-order valence-corrected chi connectivity index (χ4v) is 3.87. The maximum Gasteiger partial charge on any atom is 0.268 e. The Morgan fingerprint density at radius 3 is 2.25 bits per heavy atom. The quantitative estimate of drug-likeness (QED) is 0.592. The van der Waals surface area contributed by atoms with Crippen molar-refractivity contribution in [3.8, 4) is 5.75 Å². The molecule has 0 spiro atoms. The average molecular weight is 478 g/mol. The van der Waals surface area contributed by atoms with E-state index >= 15 is 0 Å². The number of hydrogen-bond acceptors (Lipinski definition) is 4. The number of benzene rings is 2. The zero-order valence-corrected chi connectivity index (χ0v) is 20.2. The van der Waals surface area contributed by atoms with E-state index in [4.69, 9.17) is 27.9 Å². The minimum absolute atomic E-state index is 0.192. The van der Waals surface area contributed by atoms with Crippen LogP contribution in [0.25, 0.3) is 0 Å². The molecule has 8 heteroatoms. The Hall–Kier alpha value is -2.44. The van der Waals surface area contributed by atoms with E-state index in [1.807, 2.05) is 17.9 Å². The number of anilines is 2. The van der Waals surface area contributed by atoms with E-state index in [1.54, 1.807) is 50.2 Å². The molecule has 0 aliphatic carbocycles. The Morgan fingerprint density at radius 1 is 1.00 bits per heavy atom. The highest BCUT2D eigenvalue weighted by Gasteiger charge is 2.31. The van der Waals surface area contributed by atoms with E-state index in [0.29, 0.717) is 54.1 Å². The van der Waals surface area contributed by atoms with Gasteiger partial charge in [0.2, 0.25) is 5.91 Å². The van der Waals surface area contributed by atoms with E-state index in [1.165, 1.54) is 0 Å². The van der Waals surface area contributed by atoms with E-state index in [9.17, 15) is 9.59 Å². The van der Waals surface area contributed by atoms with Crippen LogP contribution in [0.3, 0.4) is 0 Å². The molecular formula is C24H29Cl2N3O3. The molecule has 1 N–H and O–H groups in total. The van der Waals surface area contributed by atoms with Crippen molar-refractivity contribution in [2.75, 3.05) is 36.4 Å². The first-order chi connectivity index (χ1) is 15.2. The summed E-state index contributed by atoms with van der Waals surface area (Å²) in [6.45, 7) is 8.10. The maximum absolute atomic E-state index is 13.1. The van der Waals surface area contributed by atoms with Crippen LogP contribution in [-0.2, 0) is 9.59 Å². The summed E-state index contributed by atoms with van der Waals surface area (Å²) in [5, 5.41) is 4.10. The van der Waals surface area contributed by atoms with Gasteiger partial charge >= 0.3 is 0 Å². The average Bonchev–Trinajstić information content (AvgIpc) is 2.76. The van der Waals surface area contributed by atoms with E-state index in [0.717, 1.165) is 12.1 Å². The van der Waals surface area contributed by atoms with Crippen molar-refractivity contribution in [2.45, 2.75) is 39.2 Å². The summed E-state index contributed by atoms with van der Waals surface area (Å²) in [5.74, 6) is 0.444. The highest BCUT2D eigenvalue weighted by molar-refractivity contribution is 6.31. The van der Waals surface area contributed by atoms with Gasteiger partial charge in [0.05, 0.1) is 11.4 Å². The Bertz CT molecular complexity index is 955. The summed E-state index contributed by atoms with van der Waals surface area (Å²) in [4.78, 5) is 29.3. The van der Waals surface area contributed by atoms with Crippen LogP contribution >= 0.6 is 23.2 Å². The summed E-state index contributed by atoms with van der Waals surface area (Å²) in [5.41, 5.74) is 0.356. The van der Waals surface area contributed by atoms with E-state index in [2.05, 4.69) is 10.2 Å². The highest BCUT2D eigenvalue weighted by Crippen LogP contribution is 2.31. The summed E-state index contributed by atoms with van der Waals surface area (Å²) in [6.07, 6.45) is 1.42. The van der Waals surface area contributed by atoms with Crippen LogP contribution in [0.15, 0.2) is 42.5 Å². The van der Waals surface area contributed by atoms with Crippen LogP contribution < -0.4 is 15.0 Å². The molecule has 1 aliphatic rings. The molecule has 172 valence electrons. The van der Waals surface area contributed by atoms with Crippen molar-refractivity contribution in [1.82, 2.24) is 4.90 Å². The smallest absolute Gasteiger partial charge is 0.268 e. The predicted molar refractivity (Wildman–Crippen MR) is 130 cm³/mol. The van der Waals surface area contributed by atoms with Crippen molar-refractivity contribution in [1.29, 1.82) is 0 Å². The van der Waals surface area contributed by atoms with Gasteiger partial charge in [-0.3, -0.25) is 9.59 Å². The fraction of sp³-hybridized carbons (Fsp3) is 0.417. The van der Waals surface area contributed by atoms with Crippen molar-refractivity contribution in [3.05, 3.63) is 52.5 Å². The third-order valence-corrected chi connectivity index (χ3v) is 5.86. The van der Waals surface area contributed by atoms with Gasteiger partial charge in [-0.1, -0.05) is 30.1 Å². The number of piperazine rings is 1. The summed E-state index contributed by atoms with van der Waals surface area (Å²) in [6, 6.07) is 12.3. The number of rotatable bonds is 7. The lowest BCUT2D eigenvalue weighted by Gasteiger charge is -2.37. The van der Waals surface area contributed by atoms with Crippen LogP contribution in [0.4, 0.5) is 11.4 Å². The third kappa shape index (κ3) is 6.08. The van der Waals surface area contributed by atoms with Gasteiger partial charge in [0, 0.05) is 42.6 Å². The molecule has 1 aliphatic heterocycles. The number of amides is 2. The van der Waals surface area contributed by atoms with Crippen molar-refractivity contribution in [2.24, 2.45) is 0 Å². The molecule has 0 radical (unpaired) electrons. The summed E-state index contributed by atoms with van der Waals surface area (Å²) >= 11 is 12.2. The van der Waals surface area contributed by atoms with Gasteiger partial charge in [-0.25, -0.2) is 0 Å². The minimum Gasteiger partial charge on any atom is -0.478 e. The Balaban J connectivity index is 1.71. The van der Waals surface area contributed by atoms with Crippen LogP contribution in [0.1, 0.15) is 33.6 Å². The monoisotopic (exact) mass is 477 g/mol. The minimum atomic E-state index is -1.13. The fourth-order valence-electron chi connectivity index (χ4n) is 3.57. The lowest BCUT2D eigenvalue weighted by Crippen LogP contribution is -2.49. The van der Waals surface area contributed by atoms with Crippen molar-refractivity contribution < 1.29 is 14.3 Å². The molecule has 1 saturated heterocycles. The zero-order valence-electron chi connectivity index (χ0n) is 18.7. The molecule has 32 heavy (non-hydrogen) atoms. The third-order valence-electron chi connectivity index (χ3n) is 5.38. The van der Waals surface area contributed by atoms with E-state index < -0.39 is 5.60 Å². The molecule has 0 atom stereocenters. The second kappa shape index (κ2) is 10.5. The predicted octanol–water partition coefficient (Wildman–Crippen LogP) is 5.24. The van der Waals surface area contributed by atoms with Crippen LogP contribution in [0.5, 0.6) is 5.75 Å². The topological polar surface area (TPSA) is 61.9 Å². The highest BCUT2D eigenvalue weighted by atomic mass is 35.5. The van der Waals surface area contributed by atoms with Gasteiger partial charge in [0.1, 0.15) is 5.75 Å². The standard InChI is InChI=1S/C24H29Cl2N3O3/c1-4-5-22(30)29-14-12-28(13-15-29)21-11-8-18(26)16-20(21)27-23(31)24(2,3)32-19-9-6-17(25)7-10-19/h6-11,16H,4-5,12-15H2,1-3H3,(H,27,31). The molecule has 1 heterocycles. The number of halogens is 2. The van der Waals surface area contributed by atoms with Gasteiger partial charge < -0.3 is 19.9 Å². The van der Waals surface area contributed by atoms with Gasteiger partial charge in [0.15, 0.2) is 5.60 Å². The first-order valence-corrected chi connectivity index (χ1v) is 11.5. The number of carbonyl (C=O) groups excluding carboxylic acids is 2. The second-order valence-corrected chi connectivity index (χ2v) is 9.17. The lowest BCUT2D eigenvalue weighted by molar-refractivity contribution is -0.131. The van der Waals surface area contributed by atoms with Gasteiger partial charge in [-0.05, 0) is 62.7 Å². The Kier molecular flexibility index (Phi) is 7.91. The normalized spacial score (nSPS) is 14.3. The number of ether oxygens (including phenoxy) is 1. The molecule has 0 bridgehead atoms. The first-order valence-electron chi connectivity index (χ1n) is 10.8. The second-order valence-electron chi connectivity index (χ2n) is 8.30. The zero-order chi connectivity index (χ0) is 23.3. The molecule has 6 nitrogen and oxygen atoms in total. The SMILES string of the molecule is CCCC(=O)N1CCN(c2ccc(Cl)cc2NC(=O)C(C)(C)Oc2ccc(Cl)cc2)CC1. The lowest BCUT2D eigenvalue weighted by atomic mass is 10.1. The summed E-state index contributed by atoms with van der Waals surface area (Å²) < 4.78 is 5.91. The molecule has 3 rings (SSSR count). The molecule has 2 aromatic rings. The number of nitrogens with zero attached hydrogens (tertiary/aromatic N) is 2. The number of hydrogen-bond donors (Lipinski definition) is 1. The van der Waals surface area contributed by atoms with Gasteiger partial charge in [-0.2, -0.15) is 0 Å². The first kappa shape index (κ1) is 24.2. The van der Waals surface area contributed by atoms with Crippen LogP contribution in [0.2, 0.25) is 10.0 Å². The molecule has 2 aromatic carbocycles. The molecule has 0 aromatic heterocycles. The van der Waals surface area contributed by atoms with Gasteiger partial charge in [-0.15, -0.1) is 0 Å². The molecule has 1 fully saturated rings. The largest absolute Gasteiger partial charge is 0.478 e. The summed E-state index contributed by atoms with van der Waals surface area (Å²) in [7, 11) is 0. The van der Waals surface area contributed by atoms with E-state index in [-0.39, 0.29) is 11.8 Å². The maximum atomic E-state index is 13.1. The Labute approximate surface area is 199 Å². The molecule has 2 amide bonds. The van der Waals surface area contributed by atoms with Gasteiger partial charge in [0.25, 0.3) is 5.91 Å². The molecule has 0 saturated carbocycles. The van der Waals surface area contributed by atoms with Crippen LogP contribution in [-0.4, -0.2) is 48.5 Å². The number of carbonyl (C=O) groups is 2. The Morgan fingerprint density at radius 2 is 1.62 bits per heavy atom. The molecular weight excluding hydrogens is 449 g/mol. The van der Waals surface area contributed by atoms with Crippen molar-refractivity contribution >= 4 is 46.4 Å². The van der Waals surface area contributed by atoms with Crippen molar-refractivity contribution in [3.63, 3.8) is 0 Å².